The van der Waals surface area contributed by atoms with E-state index in [1.165, 1.54) is 5.57 Å². The van der Waals surface area contributed by atoms with Crippen LogP contribution in [0.5, 0.6) is 0 Å². The second-order valence-corrected chi connectivity index (χ2v) is 9.36. The molecule has 1 fully saturated rings. The summed E-state index contributed by atoms with van der Waals surface area (Å²) >= 11 is 0. The van der Waals surface area contributed by atoms with E-state index >= 15 is 0 Å². The number of ether oxygens (including phenoxy) is 2. The second-order valence-electron chi connectivity index (χ2n) is 9.36. The van der Waals surface area contributed by atoms with Crippen molar-refractivity contribution in [3.05, 3.63) is 23.8 Å². The van der Waals surface area contributed by atoms with E-state index in [4.69, 9.17) is 9.47 Å². The third kappa shape index (κ3) is 5.30. The summed E-state index contributed by atoms with van der Waals surface area (Å²) in [5.74, 6) is 0.755. The van der Waals surface area contributed by atoms with E-state index < -0.39 is 6.10 Å². The average Bonchev–Trinajstić information content (AvgIpc) is 2.65. The molecule has 3 rings (SSSR count). The summed E-state index contributed by atoms with van der Waals surface area (Å²) in [7, 11) is 0. The highest BCUT2D eigenvalue weighted by molar-refractivity contribution is 5.72. The molecule has 1 heterocycles. The van der Waals surface area contributed by atoms with Crippen molar-refractivity contribution < 1.29 is 24.2 Å². The minimum atomic E-state index is -0.597. The molecule has 5 nitrogen and oxygen atoms in total. The van der Waals surface area contributed by atoms with Gasteiger partial charge in [0, 0.05) is 12.3 Å². The SMILES string of the molecule is CC[C@H](C)C(=O)O[C@@H]1C[C@H](C)C=C2C=C[C@H](C)[C@H](CC[C@@H]3C[C@H](O)CC(=O)O3)[C@@H]21. The minimum Gasteiger partial charge on any atom is -0.462 e. The molecule has 162 valence electrons. The summed E-state index contributed by atoms with van der Waals surface area (Å²) in [4.78, 5) is 24.2. The molecule has 0 aromatic rings. The first kappa shape index (κ1) is 22.1. The fraction of sp³-hybridized carbons (Fsp3) is 0.750. The maximum atomic E-state index is 12.5. The number of allylic oxidation sites excluding steroid dienone is 3. The Morgan fingerprint density at radius 1 is 1.31 bits per heavy atom. The van der Waals surface area contributed by atoms with Crippen LogP contribution in [0.3, 0.4) is 0 Å². The molecule has 1 aliphatic heterocycles. The van der Waals surface area contributed by atoms with E-state index in [0.29, 0.717) is 24.2 Å². The summed E-state index contributed by atoms with van der Waals surface area (Å²) in [6, 6.07) is 0. The van der Waals surface area contributed by atoms with Gasteiger partial charge in [-0.15, -0.1) is 0 Å². The van der Waals surface area contributed by atoms with Crippen LogP contribution >= 0.6 is 0 Å². The van der Waals surface area contributed by atoms with E-state index in [1.807, 2.05) is 13.8 Å². The van der Waals surface area contributed by atoms with Crippen molar-refractivity contribution in [3.63, 3.8) is 0 Å². The number of carbonyl (C=O) groups excluding carboxylic acids is 2. The van der Waals surface area contributed by atoms with E-state index in [0.717, 1.165) is 25.7 Å². The molecule has 0 spiro atoms. The number of aliphatic hydroxyl groups is 1. The van der Waals surface area contributed by atoms with E-state index in [9.17, 15) is 14.7 Å². The van der Waals surface area contributed by atoms with Gasteiger partial charge in [-0.2, -0.15) is 0 Å². The summed E-state index contributed by atoms with van der Waals surface area (Å²) < 4.78 is 11.5. The number of rotatable bonds is 6. The zero-order chi connectivity index (χ0) is 21.1. The minimum absolute atomic E-state index is 0.0854. The lowest BCUT2D eigenvalue weighted by Gasteiger charge is -2.43. The molecule has 2 aliphatic carbocycles. The predicted octanol–water partition coefficient (Wildman–Crippen LogP) is 4.20. The number of hydrogen-bond acceptors (Lipinski definition) is 5. The maximum absolute atomic E-state index is 12.5. The Kier molecular flexibility index (Phi) is 7.20. The quantitative estimate of drug-likeness (QED) is 0.672. The lowest BCUT2D eigenvalue weighted by Crippen LogP contribution is -2.42. The van der Waals surface area contributed by atoms with Gasteiger partial charge < -0.3 is 14.6 Å². The highest BCUT2D eigenvalue weighted by Gasteiger charge is 2.42. The molecular weight excluding hydrogens is 368 g/mol. The van der Waals surface area contributed by atoms with Crippen LogP contribution in [0.25, 0.3) is 0 Å². The van der Waals surface area contributed by atoms with Crippen molar-refractivity contribution in [1.29, 1.82) is 0 Å². The Labute approximate surface area is 174 Å². The number of cyclic esters (lactones) is 1. The predicted molar refractivity (Wildman–Crippen MR) is 111 cm³/mol. The van der Waals surface area contributed by atoms with Crippen LogP contribution in [-0.2, 0) is 19.1 Å². The molecule has 0 unspecified atom stereocenters. The van der Waals surface area contributed by atoms with Gasteiger partial charge in [0.15, 0.2) is 0 Å². The van der Waals surface area contributed by atoms with Gasteiger partial charge >= 0.3 is 11.9 Å². The molecule has 0 aromatic heterocycles. The lowest BCUT2D eigenvalue weighted by atomic mass is 9.65. The molecule has 29 heavy (non-hydrogen) atoms. The first-order valence-corrected chi connectivity index (χ1v) is 11.3. The third-order valence-electron chi connectivity index (χ3n) is 6.93. The summed E-state index contributed by atoms with van der Waals surface area (Å²) in [6.07, 6.45) is 9.70. The van der Waals surface area contributed by atoms with Crippen LogP contribution < -0.4 is 0 Å². The largest absolute Gasteiger partial charge is 0.462 e. The zero-order valence-corrected chi connectivity index (χ0v) is 18.2. The molecule has 0 saturated carbocycles. The van der Waals surface area contributed by atoms with Gasteiger partial charge in [0.2, 0.25) is 0 Å². The first-order chi connectivity index (χ1) is 13.8. The van der Waals surface area contributed by atoms with Crippen LogP contribution in [0.4, 0.5) is 0 Å². The average molecular weight is 405 g/mol. The molecule has 0 bridgehead atoms. The Morgan fingerprint density at radius 3 is 2.76 bits per heavy atom. The Bertz CT molecular complexity index is 666. The van der Waals surface area contributed by atoms with Crippen molar-refractivity contribution in [2.45, 2.75) is 84.5 Å². The van der Waals surface area contributed by atoms with Gasteiger partial charge in [0.05, 0.1) is 18.4 Å². The molecule has 0 radical (unpaired) electrons. The third-order valence-corrected chi connectivity index (χ3v) is 6.93. The lowest BCUT2D eigenvalue weighted by molar-refractivity contribution is -0.162. The fourth-order valence-electron chi connectivity index (χ4n) is 5.07. The number of esters is 2. The molecule has 1 saturated heterocycles. The Hall–Kier alpha value is -1.62. The van der Waals surface area contributed by atoms with Gasteiger partial charge in [-0.05, 0) is 49.0 Å². The molecule has 1 N–H and O–H groups in total. The summed E-state index contributed by atoms with van der Waals surface area (Å²) in [5, 5.41) is 9.89. The summed E-state index contributed by atoms with van der Waals surface area (Å²) in [5.41, 5.74) is 1.27. The first-order valence-electron chi connectivity index (χ1n) is 11.3. The number of fused-ring (bicyclic) bond motifs is 1. The standard InChI is InChI=1S/C24H36O5/c1-5-15(3)24(27)29-21-11-14(2)10-17-7-6-16(4)20(23(17)21)9-8-19-12-18(25)13-22(26)28-19/h6-7,10,14-16,18-21,23,25H,5,8-9,11-13H2,1-4H3/t14-,15+,16+,18+,19-,20+,21-,23-/m1/s1. The van der Waals surface area contributed by atoms with Gasteiger partial charge in [-0.1, -0.05) is 45.9 Å². The second kappa shape index (κ2) is 9.46. The van der Waals surface area contributed by atoms with Crippen LogP contribution in [0, 0.1) is 29.6 Å². The van der Waals surface area contributed by atoms with Crippen LogP contribution in [0.2, 0.25) is 0 Å². The molecule has 5 heteroatoms. The van der Waals surface area contributed by atoms with Gasteiger partial charge in [-0.3, -0.25) is 9.59 Å². The highest BCUT2D eigenvalue weighted by Crippen LogP contribution is 2.45. The van der Waals surface area contributed by atoms with Crippen molar-refractivity contribution in [2.24, 2.45) is 29.6 Å². The van der Waals surface area contributed by atoms with Gasteiger partial charge in [0.25, 0.3) is 0 Å². The topological polar surface area (TPSA) is 72.8 Å². The van der Waals surface area contributed by atoms with Crippen LogP contribution in [-0.4, -0.2) is 35.4 Å². The fourth-order valence-corrected chi connectivity index (χ4v) is 5.07. The van der Waals surface area contributed by atoms with Crippen molar-refractivity contribution in [1.82, 2.24) is 0 Å². The van der Waals surface area contributed by atoms with Crippen LogP contribution in [0.1, 0.15) is 66.2 Å². The molecule has 3 aliphatic rings. The van der Waals surface area contributed by atoms with E-state index in [-0.39, 0.29) is 42.4 Å². The van der Waals surface area contributed by atoms with Crippen LogP contribution in [0.15, 0.2) is 23.8 Å². The maximum Gasteiger partial charge on any atom is 0.308 e. The summed E-state index contributed by atoms with van der Waals surface area (Å²) in [6.45, 7) is 8.33. The molecule has 0 aromatic carbocycles. The van der Waals surface area contributed by atoms with Crippen molar-refractivity contribution >= 4 is 11.9 Å². The Morgan fingerprint density at radius 2 is 2.07 bits per heavy atom. The molecular formula is C24H36O5. The van der Waals surface area contributed by atoms with E-state index in [1.54, 1.807) is 0 Å². The Balaban J connectivity index is 1.74. The number of hydrogen-bond donors (Lipinski definition) is 1. The highest BCUT2D eigenvalue weighted by atomic mass is 16.5. The normalized spacial score (nSPS) is 37.9. The van der Waals surface area contributed by atoms with E-state index in [2.05, 4.69) is 32.1 Å². The zero-order valence-electron chi connectivity index (χ0n) is 18.2. The number of aliphatic hydroxyl groups excluding tert-OH is 1. The molecule has 0 amide bonds. The number of carbonyl (C=O) groups is 2. The monoisotopic (exact) mass is 404 g/mol. The van der Waals surface area contributed by atoms with Crippen molar-refractivity contribution in [2.75, 3.05) is 0 Å². The molecule has 8 atom stereocenters. The van der Waals surface area contributed by atoms with Gasteiger partial charge in [-0.25, -0.2) is 0 Å². The van der Waals surface area contributed by atoms with Crippen molar-refractivity contribution in [3.8, 4) is 0 Å². The van der Waals surface area contributed by atoms with Gasteiger partial charge in [0.1, 0.15) is 12.2 Å². The smallest absolute Gasteiger partial charge is 0.308 e.